The van der Waals surface area contributed by atoms with E-state index < -0.39 is 0 Å². The van der Waals surface area contributed by atoms with Gasteiger partial charge in [-0.2, -0.15) is 0 Å². The number of hydrogen-bond acceptors (Lipinski definition) is 5. The lowest BCUT2D eigenvalue weighted by molar-refractivity contribution is 0.122. The predicted octanol–water partition coefficient (Wildman–Crippen LogP) is 1.05. The third-order valence-electron chi connectivity index (χ3n) is 2.71. The van der Waals surface area contributed by atoms with Gasteiger partial charge in [0.25, 0.3) is 0 Å². The van der Waals surface area contributed by atoms with E-state index in [2.05, 4.69) is 34.0 Å². The first kappa shape index (κ1) is 11.1. The van der Waals surface area contributed by atoms with Crippen LogP contribution in [0.15, 0.2) is 6.33 Å². The van der Waals surface area contributed by atoms with E-state index in [9.17, 15) is 0 Å². The van der Waals surface area contributed by atoms with Gasteiger partial charge in [0.1, 0.15) is 18.0 Å². The number of rotatable bonds is 3. The van der Waals surface area contributed by atoms with Crippen LogP contribution in [0.2, 0.25) is 0 Å². The van der Waals surface area contributed by atoms with Crippen LogP contribution in [0.5, 0.6) is 0 Å². The number of ether oxygens (including phenoxy) is 1. The van der Waals surface area contributed by atoms with Crippen LogP contribution in [0.4, 0.5) is 11.6 Å². The Balaban J connectivity index is 2.22. The van der Waals surface area contributed by atoms with Crippen molar-refractivity contribution in [3.63, 3.8) is 0 Å². The van der Waals surface area contributed by atoms with Crippen LogP contribution in [-0.2, 0) is 4.74 Å². The van der Waals surface area contributed by atoms with Crippen LogP contribution in [0.3, 0.4) is 0 Å². The van der Waals surface area contributed by atoms with Crippen LogP contribution in [0.25, 0.3) is 0 Å². The SMILES string of the molecule is CCNc1ncnc(N2CCOCC2)c1C. The minimum atomic E-state index is 0.778. The molecule has 2 heterocycles. The number of anilines is 2. The first-order valence-corrected chi connectivity index (χ1v) is 5.71. The highest BCUT2D eigenvalue weighted by molar-refractivity contribution is 5.57. The van der Waals surface area contributed by atoms with E-state index in [0.29, 0.717) is 0 Å². The summed E-state index contributed by atoms with van der Waals surface area (Å²) in [6.07, 6.45) is 1.62. The molecule has 88 valence electrons. The van der Waals surface area contributed by atoms with E-state index in [1.165, 1.54) is 0 Å². The quantitative estimate of drug-likeness (QED) is 0.828. The molecule has 1 N–H and O–H groups in total. The topological polar surface area (TPSA) is 50.3 Å². The second-order valence-corrected chi connectivity index (χ2v) is 3.80. The van der Waals surface area contributed by atoms with Crippen molar-refractivity contribution in [2.45, 2.75) is 13.8 Å². The zero-order valence-electron chi connectivity index (χ0n) is 9.86. The normalized spacial score (nSPS) is 16.2. The lowest BCUT2D eigenvalue weighted by atomic mass is 10.2. The highest BCUT2D eigenvalue weighted by Gasteiger charge is 2.16. The molecule has 0 radical (unpaired) electrons. The summed E-state index contributed by atoms with van der Waals surface area (Å²) in [7, 11) is 0. The van der Waals surface area contributed by atoms with Gasteiger partial charge in [-0.25, -0.2) is 9.97 Å². The zero-order chi connectivity index (χ0) is 11.4. The van der Waals surface area contributed by atoms with Gasteiger partial charge >= 0.3 is 0 Å². The molecule has 0 amide bonds. The highest BCUT2D eigenvalue weighted by Crippen LogP contribution is 2.22. The smallest absolute Gasteiger partial charge is 0.137 e. The van der Waals surface area contributed by atoms with E-state index in [-0.39, 0.29) is 0 Å². The third-order valence-corrected chi connectivity index (χ3v) is 2.71. The molecule has 0 bridgehead atoms. The van der Waals surface area contributed by atoms with Gasteiger partial charge in [-0.05, 0) is 13.8 Å². The molecular weight excluding hydrogens is 204 g/mol. The Morgan fingerprint density at radius 3 is 2.81 bits per heavy atom. The summed E-state index contributed by atoms with van der Waals surface area (Å²) in [6, 6.07) is 0. The van der Waals surface area contributed by atoms with Crippen LogP contribution in [0.1, 0.15) is 12.5 Å². The van der Waals surface area contributed by atoms with Crippen molar-refractivity contribution in [1.82, 2.24) is 9.97 Å². The Morgan fingerprint density at radius 1 is 1.38 bits per heavy atom. The van der Waals surface area contributed by atoms with E-state index in [1.807, 2.05) is 0 Å². The summed E-state index contributed by atoms with van der Waals surface area (Å²) >= 11 is 0. The van der Waals surface area contributed by atoms with E-state index in [0.717, 1.165) is 50.0 Å². The van der Waals surface area contributed by atoms with E-state index >= 15 is 0 Å². The average molecular weight is 222 g/mol. The van der Waals surface area contributed by atoms with Gasteiger partial charge < -0.3 is 15.0 Å². The molecule has 1 saturated heterocycles. The number of hydrogen-bond donors (Lipinski definition) is 1. The first-order chi connectivity index (χ1) is 7.83. The van der Waals surface area contributed by atoms with Crippen molar-refractivity contribution in [1.29, 1.82) is 0 Å². The van der Waals surface area contributed by atoms with Gasteiger partial charge in [-0.15, -0.1) is 0 Å². The van der Waals surface area contributed by atoms with Crippen molar-refractivity contribution in [3.8, 4) is 0 Å². The number of nitrogens with zero attached hydrogens (tertiary/aromatic N) is 3. The second kappa shape index (κ2) is 5.12. The van der Waals surface area contributed by atoms with Crippen molar-refractivity contribution in [3.05, 3.63) is 11.9 Å². The predicted molar refractivity (Wildman–Crippen MR) is 64.0 cm³/mol. The van der Waals surface area contributed by atoms with Gasteiger partial charge in [-0.3, -0.25) is 0 Å². The number of nitrogens with one attached hydrogen (secondary N) is 1. The Labute approximate surface area is 95.8 Å². The molecular formula is C11H18N4O. The van der Waals surface area contributed by atoms with Gasteiger partial charge in [0.2, 0.25) is 0 Å². The second-order valence-electron chi connectivity index (χ2n) is 3.80. The molecule has 0 spiro atoms. The molecule has 5 nitrogen and oxygen atoms in total. The Hall–Kier alpha value is -1.36. The fourth-order valence-electron chi connectivity index (χ4n) is 1.88. The first-order valence-electron chi connectivity index (χ1n) is 5.71. The number of aromatic nitrogens is 2. The van der Waals surface area contributed by atoms with Gasteiger partial charge in [0.05, 0.1) is 13.2 Å². The molecule has 1 aliphatic rings. The van der Waals surface area contributed by atoms with E-state index in [4.69, 9.17) is 4.74 Å². The molecule has 1 aliphatic heterocycles. The fourth-order valence-corrected chi connectivity index (χ4v) is 1.88. The standard InChI is InChI=1S/C11H18N4O/c1-3-12-10-9(2)11(14-8-13-10)15-4-6-16-7-5-15/h8H,3-7H2,1-2H3,(H,12,13,14). The van der Waals surface area contributed by atoms with Gasteiger partial charge in [-0.1, -0.05) is 0 Å². The third kappa shape index (κ3) is 2.24. The maximum absolute atomic E-state index is 5.34. The summed E-state index contributed by atoms with van der Waals surface area (Å²) in [6.45, 7) is 8.37. The van der Waals surface area contributed by atoms with Gasteiger partial charge in [0, 0.05) is 25.2 Å². The molecule has 1 aromatic heterocycles. The minimum Gasteiger partial charge on any atom is -0.378 e. The summed E-state index contributed by atoms with van der Waals surface area (Å²) in [5.74, 6) is 1.95. The lowest BCUT2D eigenvalue weighted by Gasteiger charge is -2.29. The summed E-state index contributed by atoms with van der Waals surface area (Å²) in [5.41, 5.74) is 1.12. The maximum atomic E-state index is 5.34. The van der Waals surface area contributed by atoms with Crippen LogP contribution in [-0.4, -0.2) is 42.8 Å². The molecule has 0 aliphatic carbocycles. The van der Waals surface area contributed by atoms with Crippen molar-refractivity contribution < 1.29 is 4.74 Å². The van der Waals surface area contributed by atoms with Crippen molar-refractivity contribution in [2.24, 2.45) is 0 Å². The number of morpholine rings is 1. The Kier molecular flexibility index (Phi) is 3.56. The maximum Gasteiger partial charge on any atom is 0.137 e. The average Bonchev–Trinajstić information content (AvgIpc) is 2.33. The van der Waals surface area contributed by atoms with Crippen molar-refractivity contribution in [2.75, 3.05) is 43.1 Å². The summed E-state index contributed by atoms with van der Waals surface area (Å²) in [4.78, 5) is 10.9. The van der Waals surface area contributed by atoms with Crippen molar-refractivity contribution >= 4 is 11.6 Å². The molecule has 5 heteroatoms. The molecule has 0 saturated carbocycles. The highest BCUT2D eigenvalue weighted by atomic mass is 16.5. The fraction of sp³-hybridized carbons (Fsp3) is 0.636. The zero-order valence-corrected chi connectivity index (χ0v) is 9.86. The molecule has 1 aromatic rings. The van der Waals surface area contributed by atoms with Gasteiger partial charge in [0.15, 0.2) is 0 Å². The minimum absolute atomic E-state index is 0.778. The Morgan fingerprint density at radius 2 is 2.12 bits per heavy atom. The summed E-state index contributed by atoms with van der Waals surface area (Å²) in [5, 5.41) is 3.25. The lowest BCUT2D eigenvalue weighted by Crippen LogP contribution is -2.37. The summed E-state index contributed by atoms with van der Waals surface area (Å²) < 4.78 is 5.34. The Bertz CT molecular complexity index is 350. The molecule has 0 aromatic carbocycles. The largest absolute Gasteiger partial charge is 0.378 e. The van der Waals surface area contributed by atoms with Crippen LogP contribution >= 0.6 is 0 Å². The molecule has 0 unspecified atom stereocenters. The molecule has 1 fully saturated rings. The molecule has 2 rings (SSSR count). The van der Waals surface area contributed by atoms with Crippen LogP contribution < -0.4 is 10.2 Å². The molecule has 0 atom stereocenters. The van der Waals surface area contributed by atoms with E-state index in [1.54, 1.807) is 6.33 Å². The molecule has 16 heavy (non-hydrogen) atoms. The van der Waals surface area contributed by atoms with Crippen LogP contribution in [0, 0.1) is 6.92 Å². The monoisotopic (exact) mass is 222 g/mol.